The van der Waals surface area contributed by atoms with E-state index in [4.69, 9.17) is 0 Å². The largest absolute Gasteiger partial charge is 0.505 e. The van der Waals surface area contributed by atoms with Crippen molar-refractivity contribution in [3.05, 3.63) is 34.2 Å². The summed E-state index contributed by atoms with van der Waals surface area (Å²) in [5.74, 6) is -0.0631. The van der Waals surface area contributed by atoms with Gasteiger partial charge in [-0.25, -0.2) is 4.98 Å². The van der Waals surface area contributed by atoms with E-state index in [2.05, 4.69) is 4.98 Å². The predicted octanol–water partition coefficient (Wildman–Crippen LogP) is 0.948. The summed E-state index contributed by atoms with van der Waals surface area (Å²) in [5, 5.41) is 9.53. The van der Waals surface area contributed by atoms with Gasteiger partial charge in [0.1, 0.15) is 11.3 Å². The lowest BCUT2D eigenvalue weighted by atomic mass is 10.2. The van der Waals surface area contributed by atoms with E-state index in [0.29, 0.717) is 11.0 Å². The second-order valence-corrected chi connectivity index (χ2v) is 3.25. The molecule has 0 aliphatic heterocycles. The molecule has 2 aromatic heterocycles. The number of hydrogen-bond acceptors (Lipinski definition) is 3. The van der Waals surface area contributed by atoms with Crippen LogP contribution < -0.4 is 5.56 Å². The Balaban J connectivity index is 3.02. The van der Waals surface area contributed by atoms with Crippen LogP contribution in [0.3, 0.4) is 0 Å². The number of pyridine rings is 2. The minimum Gasteiger partial charge on any atom is -0.505 e. The zero-order valence-corrected chi connectivity index (χ0v) is 7.98. The molecular weight excluding hydrogens is 180 g/mol. The third-order valence-corrected chi connectivity index (χ3v) is 2.21. The number of aromatic hydroxyl groups is 1. The third-order valence-electron chi connectivity index (χ3n) is 2.21. The van der Waals surface area contributed by atoms with Crippen molar-refractivity contribution in [2.45, 2.75) is 6.92 Å². The minimum absolute atomic E-state index is 0.0631. The van der Waals surface area contributed by atoms with Gasteiger partial charge in [-0.2, -0.15) is 0 Å². The Kier molecular flexibility index (Phi) is 1.77. The maximum Gasteiger partial charge on any atom is 0.254 e. The van der Waals surface area contributed by atoms with Crippen LogP contribution in [0.5, 0.6) is 5.75 Å². The first-order valence-corrected chi connectivity index (χ1v) is 4.26. The molecule has 2 heterocycles. The summed E-state index contributed by atoms with van der Waals surface area (Å²) in [7, 11) is 1.65. The molecule has 0 amide bonds. The molecule has 0 saturated carbocycles. The van der Waals surface area contributed by atoms with Gasteiger partial charge in [0, 0.05) is 18.8 Å². The van der Waals surface area contributed by atoms with Crippen LogP contribution in [0.2, 0.25) is 0 Å². The van der Waals surface area contributed by atoms with E-state index in [9.17, 15) is 9.90 Å². The highest BCUT2D eigenvalue weighted by molar-refractivity contribution is 5.80. The van der Waals surface area contributed by atoms with Crippen LogP contribution in [0.1, 0.15) is 5.69 Å². The molecule has 2 rings (SSSR count). The second-order valence-electron chi connectivity index (χ2n) is 3.25. The van der Waals surface area contributed by atoms with Gasteiger partial charge >= 0.3 is 0 Å². The van der Waals surface area contributed by atoms with Crippen molar-refractivity contribution in [2.24, 2.45) is 7.05 Å². The van der Waals surface area contributed by atoms with Gasteiger partial charge in [-0.05, 0) is 19.1 Å². The molecule has 0 spiro atoms. The minimum atomic E-state index is -0.236. The van der Waals surface area contributed by atoms with Gasteiger partial charge in [0.2, 0.25) is 0 Å². The molecule has 72 valence electrons. The molecule has 0 aromatic carbocycles. The van der Waals surface area contributed by atoms with Crippen molar-refractivity contribution in [3.63, 3.8) is 0 Å². The molecule has 4 heteroatoms. The lowest BCUT2D eigenvalue weighted by Gasteiger charge is -2.05. The molecule has 0 atom stereocenters. The van der Waals surface area contributed by atoms with Crippen molar-refractivity contribution in [2.75, 3.05) is 0 Å². The van der Waals surface area contributed by atoms with Crippen molar-refractivity contribution in [1.29, 1.82) is 0 Å². The Bertz CT molecular complexity index is 558. The first-order valence-electron chi connectivity index (χ1n) is 4.26. The molecule has 0 aliphatic rings. The predicted molar refractivity (Wildman–Crippen MR) is 53.4 cm³/mol. The lowest BCUT2D eigenvalue weighted by molar-refractivity contribution is 0.478. The maximum absolute atomic E-state index is 11.3. The number of aryl methyl sites for hydroxylation is 2. The Labute approximate surface area is 80.4 Å². The fourth-order valence-corrected chi connectivity index (χ4v) is 1.41. The first-order chi connectivity index (χ1) is 6.59. The Morgan fingerprint density at radius 3 is 2.86 bits per heavy atom. The van der Waals surface area contributed by atoms with Crippen molar-refractivity contribution >= 4 is 11.0 Å². The summed E-state index contributed by atoms with van der Waals surface area (Å²) in [5.41, 5.74) is 1.68. The average molecular weight is 190 g/mol. The second kappa shape index (κ2) is 2.83. The van der Waals surface area contributed by atoms with Gasteiger partial charge in [-0.15, -0.1) is 0 Å². The van der Waals surface area contributed by atoms with Gasteiger partial charge in [0.15, 0.2) is 0 Å². The van der Waals surface area contributed by atoms with E-state index in [-0.39, 0.29) is 11.3 Å². The molecule has 0 aliphatic carbocycles. The normalized spacial score (nSPS) is 10.7. The maximum atomic E-state index is 11.3. The summed E-state index contributed by atoms with van der Waals surface area (Å²) in [6.07, 6.45) is 0. The van der Waals surface area contributed by atoms with Gasteiger partial charge in [-0.1, -0.05) is 0 Å². The van der Waals surface area contributed by atoms with Crippen LogP contribution in [0, 0.1) is 6.92 Å². The molecule has 14 heavy (non-hydrogen) atoms. The molecule has 0 bridgehead atoms. The van der Waals surface area contributed by atoms with Crippen LogP contribution in [0.15, 0.2) is 23.0 Å². The first kappa shape index (κ1) is 8.74. The fourth-order valence-electron chi connectivity index (χ4n) is 1.41. The van der Waals surface area contributed by atoms with Crippen LogP contribution >= 0.6 is 0 Å². The number of hydrogen-bond donors (Lipinski definition) is 1. The summed E-state index contributed by atoms with van der Waals surface area (Å²) in [6, 6.07) is 4.76. The van der Waals surface area contributed by atoms with Crippen molar-refractivity contribution in [3.8, 4) is 5.75 Å². The third kappa shape index (κ3) is 1.16. The topological polar surface area (TPSA) is 55.1 Å². The monoisotopic (exact) mass is 190 g/mol. The van der Waals surface area contributed by atoms with Crippen LogP contribution in [-0.4, -0.2) is 14.7 Å². The fraction of sp³-hybridized carbons (Fsp3) is 0.200. The Morgan fingerprint density at radius 1 is 1.43 bits per heavy atom. The van der Waals surface area contributed by atoms with Crippen molar-refractivity contribution in [1.82, 2.24) is 9.55 Å². The number of aromatic nitrogens is 2. The number of rotatable bonds is 0. The zero-order valence-electron chi connectivity index (χ0n) is 7.98. The SMILES string of the molecule is Cc1ccc2c(n1)c(O)cc(=O)n2C. The summed E-state index contributed by atoms with van der Waals surface area (Å²) < 4.78 is 1.46. The molecule has 2 aromatic rings. The van der Waals surface area contributed by atoms with Crippen LogP contribution in [-0.2, 0) is 7.05 Å². The van der Waals surface area contributed by atoms with Crippen molar-refractivity contribution < 1.29 is 5.11 Å². The van der Waals surface area contributed by atoms with Gasteiger partial charge in [-0.3, -0.25) is 4.79 Å². The number of fused-ring (bicyclic) bond motifs is 1. The molecule has 0 unspecified atom stereocenters. The van der Waals surface area contributed by atoms with Crippen LogP contribution in [0.4, 0.5) is 0 Å². The highest BCUT2D eigenvalue weighted by Crippen LogP contribution is 2.19. The lowest BCUT2D eigenvalue weighted by Crippen LogP contribution is -2.15. The van der Waals surface area contributed by atoms with E-state index in [1.165, 1.54) is 10.6 Å². The average Bonchev–Trinajstić information content (AvgIpc) is 2.14. The standard InChI is InChI=1S/C10H10N2O2/c1-6-3-4-7-10(11-6)8(13)5-9(14)12(7)2/h3-5,13H,1-2H3. The molecule has 1 N–H and O–H groups in total. The molecule has 0 fully saturated rings. The zero-order chi connectivity index (χ0) is 10.3. The smallest absolute Gasteiger partial charge is 0.254 e. The van der Waals surface area contributed by atoms with Gasteiger partial charge in [0.25, 0.3) is 5.56 Å². The van der Waals surface area contributed by atoms with E-state index in [1.54, 1.807) is 19.2 Å². The van der Waals surface area contributed by atoms with Crippen LogP contribution in [0.25, 0.3) is 11.0 Å². The Hall–Kier alpha value is -1.84. The molecule has 4 nitrogen and oxygen atoms in total. The highest BCUT2D eigenvalue weighted by Gasteiger charge is 2.06. The van der Waals surface area contributed by atoms with E-state index in [0.717, 1.165) is 5.69 Å². The summed E-state index contributed by atoms with van der Waals surface area (Å²) >= 11 is 0. The van der Waals surface area contributed by atoms with Gasteiger partial charge < -0.3 is 9.67 Å². The quantitative estimate of drug-likeness (QED) is 0.672. The molecule has 0 radical (unpaired) electrons. The molecular formula is C10H10N2O2. The van der Waals surface area contributed by atoms with E-state index < -0.39 is 0 Å². The Morgan fingerprint density at radius 2 is 2.14 bits per heavy atom. The summed E-state index contributed by atoms with van der Waals surface area (Å²) in [6.45, 7) is 1.84. The van der Waals surface area contributed by atoms with E-state index in [1.807, 2.05) is 6.92 Å². The summed E-state index contributed by atoms with van der Waals surface area (Å²) in [4.78, 5) is 15.5. The van der Waals surface area contributed by atoms with Gasteiger partial charge in [0.05, 0.1) is 5.52 Å². The van der Waals surface area contributed by atoms with E-state index >= 15 is 0 Å². The number of nitrogens with zero attached hydrogens (tertiary/aromatic N) is 2. The molecule has 0 saturated heterocycles. The highest BCUT2D eigenvalue weighted by atomic mass is 16.3.